The fourth-order valence-corrected chi connectivity index (χ4v) is 3.03. The number of carbonyl (C=O) groups excluding carboxylic acids is 1. The van der Waals surface area contributed by atoms with Crippen molar-refractivity contribution >= 4 is 28.4 Å². The normalized spacial score (nSPS) is 10.6. The van der Waals surface area contributed by atoms with Crippen molar-refractivity contribution in [2.45, 2.75) is 20.5 Å². The van der Waals surface area contributed by atoms with E-state index in [1.54, 1.807) is 24.4 Å². The van der Waals surface area contributed by atoms with Crippen LogP contribution in [-0.2, 0) is 11.4 Å². The number of nitrogens with zero attached hydrogens (tertiary/aromatic N) is 3. The summed E-state index contributed by atoms with van der Waals surface area (Å²) in [5.74, 6) is 1.48. The van der Waals surface area contributed by atoms with Gasteiger partial charge in [0.1, 0.15) is 30.3 Å². The molecule has 0 atom stereocenters. The fraction of sp³-hybridized carbons (Fsp3) is 0.130. The van der Waals surface area contributed by atoms with Gasteiger partial charge in [-0.25, -0.2) is 9.97 Å². The Morgan fingerprint density at radius 3 is 2.70 bits per heavy atom. The Kier molecular flexibility index (Phi) is 5.52. The summed E-state index contributed by atoms with van der Waals surface area (Å²) in [4.78, 5) is 24.1. The molecule has 0 aliphatic rings. The van der Waals surface area contributed by atoms with Crippen LogP contribution >= 0.6 is 0 Å². The highest BCUT2D eigenvalue weighted by molar-refractivity contribution is 5.92. The Balaban J connectivity index is 1.54. The summed E-state index contributed by atoms with van der Waals surface area (Å²) in [6.07, 6.45) is 3.24. The number of anilines is 2. The largest absolute Gasteiger partial charge is 0.487 e. The second kappa shape index (κ2) is 8.57. The SMILES string of the molecule is CC(=O)Oc1ccc2ncnc(Nc3ccc(OCc4ccccn4)c(C)c3)c2c1. The number of fused-ring (bicyclic) bond motifs is 1. The first kappa shape index (κ1) is 19.3. The van der Waals surface area contributed by atoms with Gasteiger partial charge in [0.15, 0.2) is 0 Å². The van der Waals surface area contributed by atoms with Gasteiger partial charge in [-0.05, 0) is 61.0 Å². The number of esters is 1. The first-order valence-electron chi connectivity index (χ1n) is 9.42. The number of hydrogen-bond donors (Lipinski definition) is 1. The topological polar surface area (TPSA) is 86.2 Å². The molecule has 1 N–H and O–H groups in total. The molecule has 0 radical (unpaired) electrons. The highest BCUT2D eigenvalue weighted by atomic mass is 16.5. The average Bonchev–Trinajstić information content (AvgIpc) is 2.74. The molecule has 4 rings (SSSR count). The Morgan fingerprint density at radius 2 is 1.93 bits per heavy atom. The number of carbonyl (C=O) groups is 1. The molecule has 0 spiro atoms. The van der Waals surface area contributed by atoms with Crippen LogP contribution < -0.4 is 14.8 Å². The summed E-state index contributed by atoms with van der Waals surface area (Å²) in [7, 11) is 0. The molecule has 0 saturated heterocycles. The zero-order chi connectivity index (χ0) is 20.9. The van der Waals surface area contributed by atoms with Gasteiger partial charge in [-0.3, -0.25) is 9.78 Å². The average molecular weight is 400 g/mol. The van der Waals surface area contributed by atoms with Crippen molar-refractivity contribution in [3.8, 4) is 11.5 Å². The van der Waals surface area contributed by atoms with Gasteiger partial charge in [0, 0.05) is 24.2 Å². The van der Waals surface area contributed by atoms with Gasteiger partial charge < -0.3 is 14.8 Å². The Hall–Kier alpha value is -4.00. The van der Waals surface area contributed by atoms with Crippen LogP contribution in [0.4, 0.5) is 11.5 Å². The molecule has 0 saturated carbocycles. The first-order chi connectivity index (χ1) is 14.6. The predicted octanol–water partition coefficient (Wildman–Crippen LogP) is 4.58. The van der Waals surface area contributed by atoms with Gasteiger partial charge in [-0.15, -0.1) is 0 Å². The molecule has 0 fully saturated rings. The summed E-state index contributed by atoms with van der Waals surface area (Å²) in [6, 6.07) is 16.8. The molecule has 0 bridgehead atoms. The van der Waals surface area contributed by atoms with Crippen LogP contribution in [-0.4, -0.2) is 20.9 Å². The van der Waals surface area contributed by atoms with Crippen LogP contribution in [0.25, 0.3) is 10.9 Å². The number of rotatable bonds is 6. The van der Waals surface area contributed by atoms with E-state index in [1.165, 1.54) is 13.3 Å². The lowest BCUT2D eigenvalue weighted by molar-refractivity contribution is -0.131. The smallest absolute Gasteiger partial charge is 0.308 e. The van der Waals surface area contributed by atoms with Crippen LogP contribution in [0.15, 0.2) is 67.1 Å². The third-order valence-electron chi connectivity index (χ3n) is 4.41. The molecule has 4 aromatic rings. The van der Waals surface area contributed by atoms with Crippen LogP contribution in [0, 0.1) is 6.92 Å². The van der Waals surface area contributed by atoms with Gasteiger partial charge in [-0.2, -0.15) is 0 Å². The molecule has 2 aromatic heterocycles. The highest BCUT2D eigenvalue weighted by Gasteiger charge is 2.09. The van der Waals surface area contributed by atoms with Gasteiger partial charge in [0.2, 0.25) is 0 Å². The first-order valence-corrected chi connectivity index (χ1v) is 9.42. The van der Waals surface area contributed by atoms with Crippen LogP contribution in [0.2, 0.25) is 0 Å². The zero-order valence-corrected chi connectivity index (χ0v) is 16.6. The summed E-state index contributed by atoms with van der Waals surface area (Å²) >= 11 is 0. The van der Waals surface area contributed by atoms with E-state index < -0.39 is 0 Å². The summed E-state index contributed by atoms with van der Waals surface area (Å²) in [5.41, 5.74) is 3.45. The maximum Gasteiger partial charge on any atom is 0.308 e. The van der Waals surface area contributed by atoms with E-state index in [0.29, 0.717) is 18.2 Å². The van der Waals surface area contributed by atoms with E-state index >= 15 is 0 Å². The second-order valence-corrected chi connectivity index (χ2v) is 6.71. The Morgan fingerprint density at radius 1 is 1.03 bits per heavy atom. The Labute approximate surface area is 173 Å². The lowest BCUT2D eigenvalue weighted by Gasteiger charge is -2.13. The summed E-state index contributed by atoms with van der Waals surface area (Å²) in [6.45, 7) is 3.75. The van der Waals surface area contributed by atoms with Crippen LogP contribution in [0.3, 0.4) is 0 Å². The minimum absolute atomic E-state index is 0.377. The fourth-order valence-electron chi connectivity index (χ4n) is 3.03. The van der Waals surface area contributed by atoms with E-state index in [-0.39, 0.29) is 5.97 Å². The van der Waals surface area contributed by atoms with Gasteiger partial charge in [0.25, 0.3) is 0 Å². The monoisotopic (exact) mass is 400 g/mol. The highest BCUT2D eigenvalue weighted by Crippen LogP contribution is 2.29. The number of aromatic nitrogens is 3. The van der Waals surface area contributed by atoms with E-state index in [2.05, 4.69) is 20.3 Å². The number of nitrogens with one attached hydrogen (secondary N) is 1. The second-order valence-electron chi connectivity index (χ2n) is 6.71. The number of benzene rings is 2. The molecule has 0 aliphatic carbocycles. The minimum Gasteiger partial charge on any atom is -0.487 e. The van der Waals surface area contributed by atoms with Crippen molar-refractivity contribution in [3.05, 3.63) is 78.4 Å². The van der Waals surface area contributed by atoms with Crippen molar-refractivity contribution in [3.63, 3.8) is 0 Å². The predicted molar refractivity (Wildman–Crippen MR) is 114 cm³/mol. The molecule has 7 nitrogen and oxygen atoms in total. The number of ether oxygens (including phenoxy) is 2. The summed E-state index contributed by atoms with van der Waals surface area (Å²) < 4.78 is 11.1. The molecule has 0 amide bonds. The van der Waals surface area contributed by atoms with Crippen molar-refractivity contribution in [1.29, 1.82) is 0 Å². The number of aryl methyl sites for hydroxylation is 1. The molecule has 0 unspecified atom stereocenters. The van der Waals surface area contributed by atoms with Gasteiger partial charge in [0.05, 0.1) is 11.2 Å². The lowest BCUT2D eigenvalue weighted by atomic mass is 10.2. The number of pyridine rings is 1. The third-order valence-corrected chi connectivity index (χ3v) is 4.41. The molecule has 0 aliphatic heterocycles. The van der Waals surface area contributed by atoms with E-state index in [1.807, 2.05) is 43.3 Å². The zero-order valence-electron chi connectivity index (χ0n) is 16.6. The van der Waals surface area contributed by atoms with E-state index in [9.17, 15) is 4.79 Å². The van der Waals surface area contributed by atoms with E-state index in [4.69, 9.17) is 9.47 Å². The maximum atomic E-state index is 11.3. The number of hydrogen-bond acceptors (Lipinski definition) is 7. The standard InChI is InChI=1S/C23H20N4O3/c1-15-11-17(6-9-22(15)29-13-18-5-3-4-10-24-18)27-23-20-12-19(30-16(2)28)7-8-21(20)25-14-26-23/h3-12,14H,13H2,1-2H3,(H,25,26,27). The molecular weight excluding hydrogens is 380 g/mol. The van der Waals surface area contributed by atoms with Gasteiger partial charge in [-0.1, -0.05) is 6.07 Å². The van der Waals surface area contributed by atoms with Crippen molar-refractivity contribution in [2.75, 3.05) is 5.32 Å². The minimum atomic E-state index is -0.377. The van der Waals surface area contributed by atoms with Crippen molar-refractivity contribution in [1.82, 2.24) is 15.0 Å². The molecular formula is C23H20N4O3. The van der Waals surface area contributed by atoms with Crippen LogP contribution in [0.1, 0.15) is 18.2 Å². The summed E-state index contributed by atoms with van der Waals surface area (Å²) in [5, 5.41) is 4.06. The third kappa shape index (κ3) is 4.52. The molecule has 2 aromatic carbocycles. The lowest BCUT2D eigenvalue weighted by Crippen LogP contribution is -2.02. The van der Waals surface area contributed by atoms with Crippen LogP contribution in [0.5, 0.6) is 11.5 Å². The quantitative estimate of drug-likeness (QED) is 0.374. The molecule has 30 heavy (non-hydrogen) atoms. The van der Waals surface area contributed by atoms with Crippen molar-refractivity contribution < 1.29 is 14.3 Å². The van der Waals surface area contributed by atoms with Gasteiger partial charge >= 0.3 is 5.97 Å². The maximum absolute atomic E-state index is 11.3. The molecule has 7 heteroatoms. The van der Waals surface area contributed by atoms with Crippen molar-refractivity contribution in [2.24, 2.45) is 0 Å². The Bertz CT molecular complexity index is 1200. The molecule has 150 valence electrons. The van der Waals surface area contributed by atoms with E-state index in [0.717, 1.165) is 33.6 Å². The molecule has 2 heterocycles.